The largest absolute Gasteiger partial charge is 0.454 e. The number of furan rings is 1. The van der Waals surface area contributed by atoms with Gasteiger partial charge in [-0.25, -0.2) is 0 Å². The Morgan fingerprint density at radius 2 is 1.05 bits per heavy atom. The van der Waals surface area contributed by atoms with Crippen molar-refractivity contribution in [2.45, 2.75) is 19.3 Å². The van der Waals surface area contributed by atoms with Gasteiger partial charge in [0.2, 0.25) is 0 Å². The van der Waals surface area contributed by atoms with Gasteiger partial charge in [-0.05, 0) is 113 Å². The Bertz CT molecular complexity index is 3230. The number of anilines is 6. The molecule has 0 radical (unpaired) electrons. The molecule has 0 amide bonds. The fraction of sp³-hybridized carbons (Fsp3) is 0.0566. The van der Waals surface area contributed by atoms with E-state index in [0.29, 0.717) is 0 Å². The first-order valence-electron chi connectivity index (χ1n) is 19.7. The van der Waals surface area contributed by atoms with E-state index < -0.39 is 0 Å². The average molecular weight is 732 g/mol. The van der Waals surface area contributed by atoms with Gasteiger partial charge >= 0.3 is 0 Å². The second-order valence-corrected chi connectivity index (χ2v) is 15.8. The van der Waals surface area contributed by atoms with Gasteiger partial charge in [0, 0.05) is 55.9 Å². The maximum Gasteiger partial charge on any atom is 0.163 e. The molecule has 0 spiro atoms. The summed E-state index contributed by atoms with van der Waals surface area (Å²) >= 11 is 0. The Balaban J connectivity index is 1.15. The molecule has 1 aliphatic carbocycles. The topological polar surface area (TPSA) is 24.0 Å². The molecule has 0 saturated carbocycles. The molecule has 0 unspecified atom stereocenters. The number of benzene rings is 8. The van der Waals surface area contributed by atoms with Crippen LogP contribution in [0.15, 0.2) is 192 Å². The Morgan fingerprint density at radius 3 is 1.68 bits per heavy atom. The lowest BCUT2D eigenvalue weighted by Crippen LogP contribution is -2.17. The Labute approximate surface area is 330 Å². The number of fused-ring (bicyclic) bond motifs is 11. The minimum Gasteiger partial charge on any atom is -0.454 e. The lowest BCUT2D eigenvalue weighted by Gasteiger charge is -2.26. The second-order valence-electron chi connectivity index (χ2n) is 15.8. The normalized spacial score (nSPS) is 13.2. The summed E-state index contributed by atoms with van der Waals surface area (Å²) in [6.45, 7) is 4.79. The van der Waals surface area contributed by atoms with Gasteiger partial charge in [-0.2, -0.15) is 0 Å². The quantitative estimate of drug-likeness (QED) is 0.170. The van der Waals surface area contributed by atoms with Gasteiger partial charge in [0.25, 0.3) is 0 Å². The summed E-state index contributed by atoms with van der Waals surface area (Å²) in [4.78, 5) is 4.72. The lowest BCUT2D eigenvalue weighted by molar-refractivity contribution is 0.634. The van der Waals surface area contributed by atoms with Crippen LogP contribution in [0.3, 0.4) is 0 Å². The van der Waals surface area contributed by atoms with Gasteiger partial charge in [0.15, 0.2) is 5.58 Å². The highest BCUT2D eigenvalue weighted by atomic mass is 16.3. The van der Waals surface area contributed by atoms with E-state index in [9.17, 15) is 0 Å². The van der Waals surface area contributed by atoms with E-state index in [-0.39, 0.29) is 5.41 Å². The molecular weight excluding hydrogens is 695 g/mol. The maximum atomic E-state index is 6.93. The van der Waals surface area contributed by atoms with Crippen LogP contribution in [0.4, 0.5) is 34.1 Å². The summed E-state index contributed by atoms with van der Waals surface area (Å²) in [6, 6.07) is 67.6. The molecular formula is C53H37N3O. The van der Waals surface area contributed by atoms with Gasteiger partial charge in [-0.15, -0.1) is 0 Å². The number of nitrogens with zero attached hydrogens (tertiary/aromatic N) is 3. The van der Waals surface area contributed by atoms with Crippen molar-refractivity contribution in [3.05, 3.63) is 199 Å². The predicted molar refractivity (Wildman–Crippen MR) is 238 cm³/mol. The molecule has 4 nitrogen and oxygen atoms in total. The Morgan fingerprint density at radius 1 is 0.474 bits per heavy atom. The molecule has 0 saturated heterocycles. The fourth-order valence-electron chi connectivity index (χ4n) is 9.75. The first kappa shape index (κ1) is 32.0. The van der Waals surface area contributed by atoms with Crippen molar-refractivity contribution >= 4 is 83.3 Å². The average Bonchev–Trinajstić information content (AvgIpc) is 3.96. The van der Waals surface area contributed by atoms with E-state index in [1.807, 2.05) is 0 Å². The second kappa shape index (κ2) is 11.8. The number of para-hydroxylation sites is 5. The smallest absolute Gasteiger partial charge is 0.163 e. The number of hydrogen-bond acceptors (Lipinski definition) is 3. The summed E-state index contributed by atoms with van der Waals surface area (Å²) in [7, 11) is 0. The summed E-state index contributed by atoms with van der Waals surface area (Å²) in [5.74, 6) is 0. The zero-order valence-corrected chi connectivity index (χ0v) is 31.6. The molecule has 0 bridgehead atoms. The van der Waals surface area contributed by atoms with Crippen molar-refractivity contribution in [1.82, 2.24) is 4.40 Å². The number of aromatic nitrogens is 1. The zero-order valence-electron chi connectivity index (χ0n) is 31.6. The Kier molecular flexibility index (Phi) is 6.65. The molecule has 8 aromatic carbocycles. The Hall–Kier alpha value is -7.30. The third kappa shape index (κ3) is 4.50. The van der Waals surface area contributed by atoms with Crippen molar-refractivity contribution in [1.29, 1.82) is 0 Å². The highest BCUT2D eigenvalue weighted by Gasteiger charge is 2.43. The summed E-state index contributed by atoms with van der Waals surface area (Å²) in [5, 5.41) is 5.96. The summed E-state index contributed by atoms with van der Waals surface area (Å²) in [5.41, 5.74) is 15.8. The van der Waals surface area contributed by atoms with E-state index in [0.717, 1.165) is 61.6 Å². The van der Waals surface area contributed by atoms with E-state index in [2.05, 4.69) is 216 Å². The fourth-order valence-corrected chi connectivity index (χ4v) is 9.75. The molecule has 3 aromatic heterocycles. The van der Waals surface area contributed by atoms with Crippen LogP contribution in [-0.2, 0) is 5.41 Å². The SMILES string of the molecule is CC1(C)c2cc3ccc(N(c4ccccc4)c4ccccc4)cc3cc2-c2c1n1c3c4ccccc4oc3c3c(N(c4ccccc4)c4ccccc4)ccc2c31. The molecule has 4 heteroatoms. The zero-order chi connectivity index (χ0) is 37.8. The van der Waals surface area contributed by atoms with Crippen molar-refractivity contribution in [3.63, 3.8) is 0 Å². The highest BCUT2D eigenvalue weighted by molar-refractivity contribution is 6.27. The van der Waals surface area contributed by atoms with Gasteiger partial charge in [0.05, 0.1) is 16.6 Å². The molecule has 0 aliphatic heterocycles. The van der Waals surface area contributed by atoms with E-state index in [1.165, 1.54) is 44.1 Å². The van der Waals surface area contributed by atoms with E-state index >= 15 is 0 Å². The van der Waals surface area contributed by atoms with Crippen LogP contribution in [0.25, 0.3) is 60.3 Å². The van der Waals surface area contributed by atoms with Crippen molar-refractivity contribution in [2.24, 2.45) is 0 Å². The van der Waals surface area contributed by atoms with Crippen LogP contribution < -0.4 is 9.80 Å². The third-order valence-corrected chi connectivity index (χ3v) is 12.2. The molecule has 11 aromatic rings. The minimum atomic E-state index is -0.285. The van der Waals surface area contributed by atoms with Crippen LogP contribution in [0.5, 0.6) is 0 Å². The van der Waals surface area contributed by atoms with Crippen LogP contribution in [0, 0.1) is 0 Å². The van der Waals surface area contributed by atoms with E-state index in [1.54, 1.807) is 0 Å². The minimum absolute atomic E-state index is 0.285. The van der Waals surface area contributed by atoms with Gasteiger partial charge in [-0.3, -0.25) is 0 Å². The molecule has 57 heavy (non-hydrogen) atoms. The molecule has 0 N–H and O–H groups in total. The van der Waals surface area contributed by atoms with Gasteiger partial charge in [-0.1, -0.05) is 111 Å². The van der Waals surface area contributed by atoms with Crippen LogP contribution in [0.2, 0.25) is 0 Å². The molecule has 1 aliphatic rings. The molecule has 12 rings (SSSR count). The third-order valence-electron chi connectivity index (χ3n) is 12.2. The first-order valence-corrected chi connectivity index (χ1v) is 19.7. The first-order chi connectivity index (χ1) is 28.1. The van der Waals surface area contributed by atoms with Crippen LogP contribution in [-0.4, -0.2) is 4.40 Å². The monoisotopic (exact) mass is 731 g/mol. The lowest BCUT2D eigenvalue weighted by atomic mass is 9.84. The number of rotatable bonds is 6. The van der Waals surface area contributed by atoms with Crippen LogP contribution >= 0.6 is 0 Å². The van der Waals surface area contributed by atoms with Gasteiger partial charge in [0.1, 0.15) is 11.1 Å². The van der Waals surface area contributed by atoms with Crippen LogP contribution in [0.1, 0.15) is 25.1 Å². The molecule has 270 valence electrons. The van der Waals surface area contributed by atoms with Crippen molar-refractivity contribution in [2.75, 3.05) is 9.80 Å². The molecule has 3 heterocycles. The standard InChI is InChI=1S/C53H37N3O/c1-53(2)44-33-34-27-28-40(54(36-17-7-3-8-18-36)37-19-9-4-10-20-37)31-35(34)32-43(44)47-42-29-30-45(55(38-21-11-5-12-22-38)39-23-13-6-14-24-39)48-49(42)56(52(47)53)50-41-25-15-16-26-46(41)57-51(48)50/h3-33H,1-2H3. The predicted octanol–water partition coefficient (Wildman–Crippen LogP) is 14.8. The van der Waals surface area contributed by atoms with Crippen molar-refractivity contribution in [3.8, 4) is 11.1 Å². The summed E-state index contributed by atoms with van der Waals surface area (Å²) < 4.78 is 9.49. The molecule has 0 fully saturated rings. The summed E-state index contributed by atoms with van der Waals surface area (Å²) in [6.07, 6.45) is 0. The highest BCUT2D eigenvalue weighted by Crippen LogP contribution is 2.58. The number of hydrogen-bond donors (Lipinski definition) is 0. The van der Waals surface area contributed by atoms with Crippen molar-refractivity contribution < 1.29 is 4.42 Å². The molecule has 0 atom stereocenters. The van der Waals surface area contributed by atoms with E-state index in [4.69, 9.17) is 4.42 Å². The maximum absolute atomic E-state index is 6.93. The van der Waals surface area contributed by atoms with Gasteiger partial charge < -0.3 is 18.6 Å².